The molecule has 2 aliphatic rings. The molecule has 6 nitrogen and oxygen atoms in total. The molecule has 1 saturated heterocycles. The minimum Gasteiger partial charge on any atom is -0.381 e. The average Bonchev–Trinajstić information content (AvgIpc) is 3.12. The SMILES string of the molecule is O=C(Nc1cccc(-c2nnc3n2CCCCC3)c1)C1(c2cccc(C(F)(F)F)c2)CCOCC1. The standard InChI is InChI=1S/C26H27F3N4O2/c27-26(28,29)20-8-5-7-19(17-20)25(11-14-35-15-12-25)24(34)30-21-9-4-6-18(16-21)23-32-31-22-10-2-1-3-13-33(22)23/h4-9,16-17H,1-3,10-15H2,(H,30,34). The van der Waals surface area contributed by atoms with E-state index >= 15 is 0 Å². The lowest BCUT2D eigenvalue weighted by Crippen LogP contribution is -2.45. The Morgan fingerprint density at radius 3 is 2.60 bits per heavy atom. The van der Waals surface area contributed by atoms with Crippen LogP contribution in [0.4, 0.5) is 18.9 Å². The van der Waals surface area contributed by atoms with Crippen LogP contribution >= 0.6 is 0 Å². The van der Waals surface area contributed by atoms with Crippen LogP contribution in [0, 0.1) is 0 Å². The van der Waals surface area contributed by atoms with Gasteiger partial charge in [-0.1, -0.05) is 36.8 Å². The van der Waals surface area contributed by atoms with Gasteiger partial charge in [0.15, 0.2) is 5.82 Å². The second kappa shape index (κ2) is 9.45. The fourth-order valence-electron chi connectivity index (χ4n) is 5.05. The lowest BCUT2D eigenvalue weighted by atomic mass is 9.73. The Morgan fingerprint density at radius 1 is 1.00 bits per heavy atom. The number of fused-ring (bicyclic) bond motifs is 1. The monoisotopic (exact) mass is 484 g/mol. The molecule has 0 bridgehead atoms. The van der Waals surface area contributed by atoms with E-state index < -0.39 is 17.2 Å². The molecule has 1 fully saturated rings. The zero-order chi connectivity index (χ0) is 24.5. The molecule has 1 aromatic heterocycles. The number of rotatable bonds is 4. The summed E-state index contributed by atoms with van der Waals surface area (Å²) in [7, 11) is 0. The van der Waals surface area contributed by atoms with Crippen molar-refractivity contribution in [3.8, 4) is 11.4 Å². The molecule has 3 aromatic rings. The Labute approximate surface area is 201 Å². The molecule has 2 aromatic carbocycles. The Bertz CT molecular complexity index is 1220. The van der Waals surface area contributed by atoms with E-state index in [2.05, 4.69) is 20.1 Å². The fourth-order valence-corrected chi connectivity index (χ4v) is 5.05. The number of hydrogen-bond donors (Lipinski definition) is 1. The van der Waals surface area contributed by atoms with Crippen LogP contribution in [-0.4, -0.2) is 33.9 Å². The van der Waals surface area contributed by atoms with E-state index in [0.717, 1.165) is 61.6 Å². The minimum absolute atomic E-state index is 0.301. The number of carbonyl (C=O) groups is 1. The third-order valence-corrected chi connectivity index (χ3v) is 7.01. The van der Waals surface area contributed by atoms with Crippen LogP contribution in [0.5, 0.6) is 0 Å². The largest absolute Gasteiger partial charge is 0.416 e. The van der Waals surface area contributed by atoms with Crippen LogP contribution in [0.15, 0.2) is 48.5 Å². The fraction of sp³-hybridized carbons (Fsp3) is 0.423. The van der Waals surface area contributed by atoms with E-state index in [9.17, 15) is 18.0 Å². The van der Waals surface area contributed by atoms with Crippen molar-refractivity contribution in [2.24, 2.45) is 0 Å². The first kappa shape index (κ1) is 23.5. The molecular weight excluding hydrogens is 457 g/mol. The molecule has 2 aliphatic heterocycles. The first-order chi connectivity index (χ1) is 16.9. The number of nitrogens with one attached hydrogen (secondary N) is 1. The molecule has 1 N–H and O–H groups in total. The topological polar surface area (TPSA) is 69.0 Å². The Hall–Kier alpha value is -3.20. The van der Waals surface area contributed by atoms with Gasteiger partial charge in [-0.05, 0) is 49.4 Å². The molecule has 3 heterocycles. The van der Waals surface area contributed by atoms with E-state index in [4.69, 9.17) is 4.74 Å². The summed E-state index contributed by atoms with van der Waals surface area (Å²) in [5.74, 6) is 1.40. The Kier molecular flexibility index (Phi) is 6.35. The maximum atomic E-state index is 13.6. The van der Waals surface area contributed by atoms with Crippen molar-refractivity contribution in [3.63, 3.8) is 0 Å². The second-order valence-corrected chi connectivity index (χ2v) is 9.21. The third-order valence-electron chi connectivity index (χ3n) is 7.01. The van der Waals surface area contributed by atoms with Crippen LogP contribution in [0.2, 0.25) is 0 Å². The number of carbonyl (C=O) groups excluding carboxylic acids is 1. The number of alkyl halides is 3. The number of ether oxygens (including phenoxy) is 1. The van der Waals surface area contributed by atoms with Crippen LogP contribution in [0.1, 0.15) is 49.1 Å². The number of halogens is 3. The van der Waals surface area contributed by atoms with Crippen LogP contribution in [0.3, 0.4) is 0 Å². The summed E-state index contributed by atoms with van der Waals surface area (Å²) in [6.07, 6.45) is 0.329. The second-order valence-electron chi connectivity index (χ2n) is 9.21. The number of anilines is 1. The van der Waals surface area contributed by atoms with Crippen LogP contribution in [0.25, 0.3) is 11.4 Å². The molecule has 0 atom stereocenters. The van der Waals surface area contributed by atoms with Gasteiger partial charge in [-0.3, -0.25) is 4.79 Å². The predicted octanol–water partition coefficient (Wildman–Crippen LogP) is 5.38. The normalized spacial score (nSPS) is 17.9. The van der Waals surface area contributed by atoms with Gasteiger partial charge in [0.2, 0.25) is 5.91 Å². The van der Waals surface area contributed by atoms with E-state index in [-0.39, 0.29) is 5.91 Å². The van der Waals surface area contributed by atoms with Crippen molar-refractivity contribution in [3.05, 3.63) is 65.5 Å². The first-order valence-electron chi connectivity index (χ1n) is 12.0. The van der Waals surface area contributed by atoms with E-state index in [1.54, 1.807) is 12.1 Å². The maximum Gasteiger partial charge on any atom is 0.416 e. The smallest absolute Gasteiger partial charge is 0.381 e. The number of amides is 1. The van der Waals surface area contributed by atoms with Crippen molar-refractivity contribution >= 4 is 11.6 Å². The summed E-state index contributed by atoms with van der Waals surface area (Å²) in [5.41, 5.74) is -0.114. The summed E-state index contributed by atoms with van der Waals surface area (Å²) >= 11 is 0. The number of aromatic nitrogens is 3. The van der Waals surface area contributed by atoms with Crippen LogP contribution in [-0.2, 0) is 34.1 Å². The van der Waals surface area contributed by atoms with Crippen molar-refractivity contribution < 1.29 is 22.7 Å². The molecular formula is C26H27F3N4O2. The predicted molar refractivity (Wildman–Crippen MR) is 125 cm³/mol. The quantitative estimate of drug-likeness (QED) is 0.540. The van der Waals surface area contributed by atoms with Gasteiger partial charge in [-0.25, -0.2) is 0 Å². The zero-order valence-electron chi connectivity index (χ0n) is 19.3. The van der Waals surface area contributed by atoms with Gasteiger partial charge in [-0.15, -0.1) is 10.2 Å². The summed E-state index contributed by atoms with van der Waals surface area (Å²) in [4.78, 5) is 13.6. The van der Waals surface area contributed by atoms with Gasteiger partial charge in [0, 0.05) is 37.4 Å². The van der Waals surface area contributed by atoms with Gasteiger partial charge < -0.3 is 14.6 Å². The first-order valence-corrected chi connectivity index (χ1v) is 12.0. The highest BCUT2D eigenvalue weighted by Gasteiger charge is 2.43. The molecule has 184 valence electrons. The molecule has 1 amide bonds. The summed E-state index contributed by atoms with van der Waals surface area (Å²) in [6, 6.07) is 12.5. The lowest BCUT2D eigenvalue weighted by Gasteiger charge is -2.36. The van der Waals surface area contributed by atoms with E-state index in [1.165, 1.54) is 6.07 Å². The molecule has 0 unspecified atom stereocenters. The Morgan fingerprint density at radius 2 is 1.80 bits per heavy atom. The highest BCUT2D eigenvalue weighted by Crippen LogP contribution is 2.39. The molecule has 0 aliphatic carbocycles. The van der Waals surface area contributed by atoms with Crippen molar-refractivity contribution in [1.82, 2.24) is 14.8 Å². The minimum atomic E-state index is -4.48. The van der Waals surface area contributed by atoms with Gasteiger partial charge in [-0.2, -0.15) is 13.2 Å². The van der Waals surface area contributed by atoms with E-state index in [0.29, 0.717) is 37.3 Å². The summed E-state index contributed by atoms with van der Waals surface area (Å²) < 4.78 is 47.8. The zero-order valence-corrected chi connectivity index (χ0v) is 19.3. The molecule has 0 saturated carbocycles. The highest BCUT2D eigenvalue weighted by molar-refractivity contribution is 5.99. The number of aryl methyl sites for hydroxylation is 1. The van der Waals surface area contributed by atoms with Gasteiger partial charge in [0.25, 0.3) is 0 Å². The van der Waals surface area contributed by atoms with Gasteiger partial charge in [0.1, 0.15) is 5.82 Å². The van der Waals surface area contributed by atoms with Gasteiger partial charge >= 0.3 is 6.18 Å². The molecule has 5 rings (SSSR count). The number of hydrogen-bond acceptors (Lipinski definition) is 4. The van der Waals surface area contributed by atoms with Gasteiger partial charge in [0.05, 0.1) is 11.0 Å². The number of nitrogens with zero attached hydrogens (tertiary/aromatic N) is 3. The van der Waals surface area contributed by atoms with Crippen LogP contribution < -0.4 is 5.32 Å². The Balaban J connectivity index is 1.45. The molecule has 35 heavy (non-hydrogen) atoms. The molecule has 0 spiro atoms. The summed E-state index contributed by atoms with van der Waals surface area (Å²) in [5, 5.41) is 11.7. The number of benzene rings is 2. The highest BCUT2D eigenvalue weighted by atomic mass is 19.4. The third kappa shape index (κ3) is 4.69. The van der Waals surface area contributed by atoms with Crippen molar-refractivity contribution in [2.75, 3.05) is 18.5 Å². The van der Waals surface area contributed by atoms with Crippen molar-refractivity contribution in [1.29, 1.82) is 0 Å². The summed E-state index contributed by atoms with van der Waals surface area (Å²) in [6.45, 7) is 1.46. The molecule has 9 heteroatoms. The average molecular weight is 485 g/mol. The van der Waals surface area contributed by atoms with E-state index in [1.807, 2.05) is 18.2 Å². The van der Waals surface area contributed by atoms with Crippen molar-refractivity contribution in [2.45, 2.75) is 56.7 Å². The lowest BCUT2D eigenvalue weighted by molar-refractivity contribution is -0.138. The molecule has 0 radical (unpaired) electrons. The maximum absolute atomic E-state index is 13.6.